The number of Topliss-reactive ketones (excluding diaryl/α,β-unsaturated/α-hetero) is 2. The number of hydrogen-bond donors (Lipinski definition) is 3. The van der Waals surface area contributed by atoms with E-state index in [0.29, 0.717) is 74.5 Å². The number of ketones is 2. The molecule has 10 nitrogen and oxygen atoms in total. The van der Waals surface area contributed by atoms with Crippen molar-refractivity contribution in [3.8, 4) is 11.5 Å². The minimum atomic E-state index is -0.201. The summed E-state index contributed by atoms with van der Waals surface area (Å²) in [7, 11) is 1.60. The van der Waals surface area contributed by atoms with Gasteiger partial charge in [0, 0.05) is 45.8 Å². The minimum Gasteiger partial charge on any atom is -0.508 e. The average molecular weight is 622 g/mol. The minimum absolute atomic E-state index is 0.0192. The quantitative estimate of drug-likeness (QED) is 0.263. The normalized spacial score (nSPS) is 17.4. The van der Waals surface area contributed by atoms with Crippen LogP contribution in [-0.2, 0) is 12.8 Å². The van der Waals surface area contributed by atoms with Gasteiger partial charge in [-0.3, -0.25) is 9.59 Å². The average Bonchev–Trinajstić information content (AvgIpc) is 2.92. The Morgan fingerprint density at radius 1 is 0.744 bits per heavy atom. The fraction of sp³-hybridized carbons (Fsp3) is 0.290. The van der Waals surface area contributed by atoms with Crippen molar-refractivity contribution in [2.24, 2.45) is 0 Å². The molecule has 0 bridgehead atoms. The van der Waals surface area contributed by atoms with Gasteiger partial charge in [0.05, 0.1) is 41.0 Å². The summed E-state index contributed by atoms with van der Waals surface area (Å²) in [4.78, 5) is 41.4. The number of ether oxygens (including phenoxy) is 1. The number of carbonyl (C=O) groups excluding carboxylic acids is 2. The Kier molecular flexibility index (Phi) is 8.52. The molecular formula is C31H30Cl2N6O4. The van der Waals surface area contributed by atoms with Crippen molar-refractivity contribution in [1.82, 2.24) is 19.9 Å². The molecular weight excluding hydrogens is 591 g/mol. The third-order valence-corrected chi connectivity index (χ3v) is 8.40. The van der Waals surface area contributed by atoms with E-state index in [2.05, 4.69) is 19.9 Å². The lowest BCUT2D eigenvalue weighted by atomic mass is 9.81. The van der Waals surface area contributed by atoms with Gasteiger partial charge in [-0.25, -0.2) is 19.9 Å². The molecule has 0 saturated carbocycles. The van der Waals surface area contributed by atoms with E-state index in [4.69, 9.17) is 39.4 Å². The Labute approximate surface area is 258 Å². The van der Waals surface area contributed by atoms with Crippen LogP contribution in [0.4, 0.5) is 11.9 Å². The smallest absolute Gasteiger partial charge is 0.220 e. The van der Waals surface area contributed by atoms with Crippen LogP contribution in [0.2, 0.25) is 10.0 Å². The van der Waals surface area contributed by atoms with Crippen LogP contribution in [0.1, 0.15) is 79.3 Å². The van der Waals surface area contributed by atoms with E-state index in [1.165, 1.54) is 0 Å². The van der Waals surface area contributed by atoms with Gasteiger partial charge in [-0.1, -0.05) is 35.3 Å². The largest absolute Gasteiger partial charge is 0.508 e. The second-order valence-electron chi connectivity index (χ2n) is 10.6. The molecule has 4 aromatic rings. The Morgan fingerprint density at radius 2 is 1.21 bits per heavy atom. The fourth-order valence-corrected chi connectivity index (χ4v) is 6.67. The molecule has 0 radical (unpaired) electrons. The summed E-state index contributed by atoms with van der Waals surface area (Å²) >= 11 is 12.5. The SMILES string of the molecule is COc1cccc(Cl)c1C1CC(=O)c2c(C)nc(N)nc2C1.Cc1nc(N)nc2c1C(=O)CC(c1c(O)cccc1Cl)C2. The van der Waals surface area contributed by atoms with Crippen molar-refractivity contribution < 1.29 is 19.4 Å². The van der Waals surface area contributed by atoms with Crippen LogP contribution >= 0.6 is 23.2 Å². The van der Waals surface area contributed by atoms with Crippen LogP contribution in [0.5, 0.6) is 11.5 Å². The van der Waals surface area contributed by atoms with Crippen molar-refractivity contribution >= 4 is 46.7 Å². The number of aromatic hydroxyl groups is 1. The Hall–Kier alpha value is -4.28. The van der Waals surface area contributed by atoms with Gasteiger partial charge in [0.2, 0.25) is 11.9 Å². The second-order valence-corrected chi connectivity index (χ2v) is 11.4. The number of methoxy groups -OCH3 is 1. The van der Waals surface area contributed by atoms with Gasteiger partial charge in [0.15, 0.2) is 11.6 Å². The zero-order chi connectivity index (χ0) is 31.0. The van der Waals surface area contributed by atoms with Crippen LogP contribution in [0, 0.1) is 13.8 Å². The maximum absolute atomic E-state index is 12.5. The number of aryl methyl sites for hydroxylation is 2. The maximum Gasteiger partial charge on any atom is 0.220 e. The van der Waals surface area contributed by atoms with Crippen LogP contribution in [0.25, 0.3) is 0 Å². The van der Waals surface area contributed by atoms with Gasteiger partial charge in [-0.15, -0.1) is 0 Å². The van der Waals surface area contributed by atoms with E-state index in [-0.39, 0.29) is 47.5 Å². The highest BCUT2D eigenvalue weighted by Gasteiger charge is 2.33. The number of anilines is 2. The monoisotopic (exact) mass is 620 g/mol. The number of phenolic OH excluding ortho intramolecular Hbond substituents is 1. The summed E-state index contributed by atoms with van der Waals surface area (Å²) in [6, 6.07) is 10.4. The zero-order valence-electron chi connectivity index (χ0n) is 23.8. The van der Waals surface area contributed by atoms with Crippen molar-refractivity contribution in [1.29, 1.82) is 0 Å². The molecule has 2 unspecified atom stereocenters. The molecule has 0 saturated heterocycles. The summed E-state index contributed by atoms with van der Waals surface area (Å²) in [6.45, 7) is 3.53. The van der Waals surface area contributed by atoms with Gasteiger partial charge in [0.25, 0.3) is 0 Å². The molecule has 43 heavy (non-hydrogen) atoms. The van der Waals surface area contributed by atoms with Crippen molar-refractivity contribution in [2.45, 2.75) is 51.4 Å². The standard InChI is InChI=1S/C16H16ClN3O2.C15H14ClN3O2/c1-8-14-11(20-16(18)19-8)6-9(7-12(14)21)15-10(17)4-3-5-13(15)22-2;1-7-13-10(19-15(17)18-7)5-8(6-12(13)21)14-9(16)3-2-4-11(14)20/h3-5,9H,6-7H2,1-2H3,(H2,18,19,20);2-4,8,20H,5-6H2,1H3,(H2,17,18,19). The molecule has 6 rings (SSSR count). The number of nitrogen functional groups attached to an aromatic ring is 2. The highest BCUT2D eigenvalue weighted by molar-refractivity contribution is 6.32. The third kappa shape index (κ3) is 5.98. The van der Waals surface area contributed by atoms with Crippen LogP contribution in [0.3, 0.4) is 0 Å². The Balaban J connectivity index is 0.000000171. The van der Waals surface area contributed by atoms with E-state index in [1.54, 1.807) is 45.2 Å². The van der Waals surface area contributed by atoms with E-state index >= 15 is 0 Å². The molecule has 2 aliphatic carbocycles. The lowest BCUT2D eigenvalue weighted by Crippen LogP contribution is -2.23. The lowest BCUT2D eigenvalue weighted by Gasteiger charge is -2.26. The van der Waals surface area contributed by atoms with E-state index in [0.717, 1.165) is 5.56 Å². The van der Waals surface area contributed by atoms with E-state index < -0.39 is 0 Å². The van der Waals surface area contributed by atoms with Gasteiger partial charge in [-0.05, 0) is 51.0 Å². The summed E-state index contributed by atoms with van der Waals surface area (Å²) in [6.07, 6.45) is 1.74. The summed E-state index contributed by atoms with van der Waals surface area (Å²) in [5.41, 5.74) is 16.5. The summed E-state index contributed by atoms with van der Waals surface area (Å²) in [5.74, 6) is 0.836. The van der Waals surface area contributed by atoms with Crippen LogP contribution in [-0.4, -0.2) is 43.7 Å². The van der Waals surface area contributed by atoms with Gasteiger partial charge >= 0.3 is 0 Å². The number of carbonyl (C=O) groups is 2. The third-order valence-electron chi connectivity index (χ3n) is 7.74. The molecule has 2 atom stereocenters. The maximum atomic E-state index is 12.5. The molecule has 0 aliphatic heterocycles. The first-order valence-corrected chi connectivity index (χ1v) is 14.4. The van der Waals surface area contributed by atoms with Crippen molar-refractivity contribution in [3.63, 3.8) is 0 Å². The summed E-state index contributed by atoms with van der Waals surface area (Å²) < 4.78 is 5.40. The Bertz CT molecular complexity index is 1740. The molecule has 5 N–H and O–H groups in total. The molecule has 2 heterocycles. The first-order valence-electron chi connectivity index (χ1n) is 13.6. The van der Waals surface area contributed by atoms with Gasteiger partial charge < -0.3 is 21.3 Å². The zero-order valence-corrected chi connectivity index (χ0v) is 25.3. The van der Waals surface area contributed by atoms with Crippen LogP contribution in [0.15, 0.2) is 36.4 Å². The van der Waals surface area contributed by atoms with Gasteiger partial charge in [0.1, 0.15) is 11.5 Å². The molecule has 0 spiro atoms. The lowest BCUT2D eigenvalue weighted by molar-refractivity contribution is 0.0953. The van der Waals surface area contributed by atoms with E-state index in [9.17, 15) is 14.7 Å². The molecule has 222 valence electrons. The molecule has 2 aliphatic rings. The fourth-order valence-electron chi connectivity index (χ4n) is 6.02. The number of phenols is 1. The number of halogens is 2. The number of rotatable bonds is 3. The van der Waals surface area contributed by atoms with Crippen LogP contribution < -0.4 is 16.2 Å². The predicted molar refractivity (Wildman–Crippen MR) is 164 cm³/mol. The van der Waals surface area contributed by atoms with E-state index in [1.807, 2.05) is 12.1 Å². The molecule has 0 amide bonds. The van der Waals surface area contributed by atoms with Crippen molar-refractivity contribution in [3.05, 3.63) is 91.5 Å². The number of aromatic nitrogens is 4. The number of hydrogen-bond acceptors (Lipinski definition) is 10. The molecule has 2 aromatic carbocycles. The number of nitrogens with zero attached hydrogens (tertiary/aromatic N) is 4. The highest BCUT2D eigenvalue weighted by Crippen LogP contribution is 2.42. The molecule has 2 aromatic heterocycles. The topological polar surface area (TPSA) is 167 Å². The second kappa shape index (κ2) is 12.1. The van der Waals surface area contributed by atoms with Gasteiger partial charge in [-0.2, -0.15) is 0 Å². The first-order chi connectivity index (χ1) is 20.5. The summed E-state index contributed by atoms with van der Waals surface area (Å²) in [5, 5.41) is 11.1. The number of nitrogens with two attached hydrogens (primary N) is 2. The predicted octanol–water partition coefficient (Wildman–Crippen LogP) is 5.58. The number of benzene rings is 2. The first kappa shape index (κ1) is 30.2. The highest BCUT2D eigenvalue weighted by atomic mass is 35.5. The Morgan fingerprint density at radius 3 is 1.70 bits per heavy atom. The molecule has 12 heteroatoms. The molecule has 0 fully saturated rings. The van der Waals surface area contributed by atoms with Crippen molar-refractivity contribution in [2.75, 3.05) is 18.6 Å². The number of fused-ring (bicyclic) bond motifs is 2.